The molecule has 0 fully saturated rings. The minimum atomic E-state index is -0.253. The van der Waals surface area contributed by atoms with E-state index in [-0.39, 0.29) is 17.5 Å². The molecular formula is C24H28N4O2S2. The Morgan fingerprint density at radius 1 is 0.844 bits per heavy atom. The third-order valence-electron chi connectivity index (χ3n) is 6.29. The molecule has 2 aliphatic rings. The smallest absolute Gasteiger partial charge is 0.272 e. The van der Waals surface area contributed by atoms with Crippen LogP contribution in [-0.4, -0.2) is 21.6 Å². The van der Waals surface area contributed by atoms with Crippen LogP contribution < -0.4 is 10.6 Å². The van der Waals surface area contributed by atoms with Crippen LogP contribution in [0.3, 0.4) is 0 Å². The Balaban J connectivity index is 1.18. The minimum Gasteiger partial charge on any atom is -0.346 e. The van der Waals surface area contributed by atoms with Gasteiger partial charge in [-0.25, -0.2) is 0 Å². The van der Waals surface area contributed by atoms with Crippen molar-refractivity contribution >= 4 is 34.5 Å². The molecule has 0 unspecified atom stereocenters. The SMILES string of the molecule is Cn1nc(C(=O)NCc2cc3c(s2)CCCC3)cc1C(=O)NCc1cc2c(s1)CCCC2. The number of aryl methyl sites for hydroxylation is 5. The topological polar surface area (TPSA) is 76.0 Å². The Morgan fingerprint density at radius 2 is 1.38 bits per heavy atom. The molecule has 2 aliphatic carbocycles. The third-order valence-corrected chi connectivity index (χ3v) is 8.76. The van der Waals surface area contributed by atoms with E-state index in [9.17, 15) is 9.59 Å². The molecule has 0 bridgehead atoms. The summed E-state index contributed by atoms with van der Waals surface area (Å²) in [5.41, 5.74) is 3.54. The number of thiophene rings is 2. The van der Waals surface area contributed by atoms with E-state index < -0.39 is 0 Å². The van der Waals surface area contributed by atoms with E-state index in [4.69, 9.17) is 0 Å². The summed E-state index contributed by atoms with van der Waals surface area (Å²) in [5.74, 6) is -0.465. The maximum atomic E-state index is 12.7. The molecule has 3 heterocycles. The van der Waals surface area contributed by atoms with Gasteiger partial charge in [-0.2, -0.15) is 5.10 Å². The Bertz CT molecular complexity index is 1110. The van der Waals surface area contributed by atoms with Gasteiger partial charge in [0, 0.05) is 32.6 Å². The molecule has 0 saturated heterocycles. The number of nitrogens with zero attached hydrogens (tertiary/aromatic N) is 2. The molecule has 8 heteroatoms. The minimum absolute atomic E-state index is 0.212. The Kier molecular flexibility index (Phi) is 6.15. The summed E-state index contributed by atoms with van der Waals surface area (Å²) in [6, 6.07) is 6.02. The lowest BCUT2D eigenvalue weighted by Crippen LogP contribution is -2.24. The van der Waals surface area contributed by atoms with E-state index >= 15 is 0 Å². The zero-order valence-corrected chi connectivity index (χ0v) is 20.0. The fraction of sp³-hybridized carbons (Fsp3) is 0.458. The summed E-state index contributed by atoms with van der Waals surface area (Å²) in [4.78, 5) is 30.6. The van der Waals surface area contributed by atoms with Crippen molar-refractivity contribution in [1.29, 1.82) is 0 Å². The molecule has 0 spiro atoms. The number of hydrogen-bond acceptors (Lipinski definition) is 5. The molecule has 168 valence electrons. The number of amides is 2. The van der Waals surface area contributed by atoms with Crippen molar-refractivity contribution in [2.75, 3.05) is 0 Å². The second-order valence-electron chi connectivity index (χ2n) is 8.64. The van der Waals surface area contributed by atoms with Crippen LogP contribution >= 0.6 is 22.7 Å². The molecule has 6 nitrogen and oxygen atoms in total. The lowest BCUT2D eigenvalue weighted by molar-refractivity contribution is 0.0936. The quantitative estimate of drug-likeness (QED) is 0.570. The molecule has 5 rings (SSSR count). The van der Waals surface area contributed by atoms with E-state index in [0.717, 1.165) is 25.7 Å². The number of fused-ring (bicyclic) bond motifs is 2. The Morgan fingerprint density at radius 3 is 1.94 bits per heavy atom. The van der Waals surface area contributed by atoms with Crippen molar-refractivity contribution in [3.63, 3.8) is 0 Å². The molecule has 32 heavy (non-hydrogen) atoms. The first-order valence-electron chi connectivity index (χ1n) is 11.4. The van der Waals surface area contributed by atoms with Crippen molar-refractivity contribution in [3.8, 4) is 0 Å². The van der Waals surface area contributed by atoms with Crippen LogP contribution in [0.1, 0.15) is 77.3 Å². The molecule has 2 N–H and O–H groups in total. The average Bonchev–Trinajstić information content (AvgIpc) is 3.51. The maximum absolute atomic E-state index is 12.7. The molecule has 0 atom stereocenters. The molecule has 0 aliphatic heterocycles. The number of aromatic nitrogens is 2. The lowest BCUT2D eigenvalue weighted by Gasteiger charge is -2.08. The van der Waals surface area contributed by atoms with Crippen LogP contribution in [0, 0.1) is 0 Å². The van der Waals surface area contributed by atoms with Crippen LogP contribution in [0.2, 0.25) is 0 Å². The zero-order chi connectivity index (χ0) is 22.1. The predicted molar refractivity (Wildman–Crippen MR) is 127 cm³/mol. The van der Waals surface area contributed by atoms with Gasteiger partial charge in [0.1, 0.15) is 5.69 Å². The number of carbonyl (C=O) groups excluding carboxylic acids is 2. The second-order valence-corrected chi connectivity index (χ2v) is 11.1. The van der Waals surface area contributed by atoms with E-state index in [0.29, 0.717) is 18.8 Å². The first-order chi connectivity index (χ1) is 15.6. The zero-order valence-electron chi connectivity index (χ0n) is 18.3. The highest BCUT2D eigenvalue weighted by Crippen LogP contribution is 2.30. The van der Waals surface area contributed by atoms with Gasteiger partial charge in [-0.15, -0.1) is 22.7 Å². The van der Waals surface area contributed by atoms with Crippen molar-refractivity contribution in [1.82, 2.24) is 20.4 Å². The number of hydrogen-bond donors (Lipinski definition) is 2. The summed E-state index contributed by atoms with van der Waals surface area (Å²) < 4.78 is 1.48. The Hall–Kier alpha value is -2.45. The van der Waals surface area contributed by atoms with Crippen molar-refractivity contribution in [2.45, 2.75) is 64.5 Å². The van der Waals surface area contributed by atoms with Crippen LogP contribution in [0.15, 0.2) is 18.2 Å². The van der Waals surface area contributed by atoms with Gasteiger partial charge in [-0.05, 0) is 74.6 Å². The van der Waals surface area contributed by atoms with Crippen molar-refractivity contribution in [3.05, 3.63) is 60.2 Å². The molecule has 3 aromatic heterocycles. The van der Waals surface area contributed by atoms with Gasteiger partial charge in [0.25, 0.3) is 11.8 Å². The summed E-state index contributed by atoms with van der Waals surface area (Å²) >= 11 is 3.60. The normalized spacial score (nSPS) is 15.2. The largest absolute Gasteiger partial charge is 0.346 e. The van der Waals surface area contributed by atoms with E-state index in [1.54, 1.807) is 35.8 Å². The van der Waals surface area contributed by atoms with Gasteiger partial charge in [-0.1, -0.05) is 0 Å². The molecule has 0 aromatic carbocycles. The first-order valence-corrected chi connectivity index (χ1v) is 13.0. The fourth-order valence-electron chi connectivity index (χ4n) is 4.59. The van der Waals surface area contributed by atoms with Crippen LogP contribution in [-0.2, 0) is 45.8 Å². The van der Waals surface area contributed by atoms with Gasteiger partial charge >= 0.3 is 0 Å². The van der Waals surface area contributed by atoms with Gasteiger partial charge in [0.15, 0.2) is 5.69 Å². The molecule has 0 saturated carbocycles. The second kappa shape index (κ2) is 9.19. The van der Waals surface area contributed by atoms with E-state index in [1.807, 2.05) is 0 Å². The highest BCUT2D eigenvalue weighted by atomic mass is 32.1. The summed E-state index contributed by atoms with van der Waals surface area (Å²) in [6.07, 6.45) is 9.62. The van der Waals surface area contributed by atoms with Gasteiger partial charge in [0.05, 0.1) is 13.1 Å². The van der Waals surface area contributed by atoms with Gasteiger partial charge in [-0.3, -0.25) is 14.3 Å². The van der Waals surface area contributed by atoms with Crippen molar-refractivity contribution in [2.24, 2.45) is 7.05 Å². The molecular weight excluding hydrogens is 440 g/mol. The number of carbonyl (C=O) groups is 2. The van der Waals surface area contributed by atoms with Crippen molar-refractivity contribution < 1.29 is 9.59 Å². The highest BCUT2D eigenvalue weighted by Gasteiger charge is 2.19. The van der Waals surface area contributed by atoms with Gasteiger partial charge < -0.3 is 10.6 Å². The molecule has 2 amide bonds. The standard InChI is InChI=1S/C24H28N4O2S2/c1-28-20(24(30)26-14-18-11-16-7-3-5-9-22(16)32-18)12-19(27-28)23(29)25-13-17-10-15-6-2-4-8-21(15)31-17/h10-12H,2-9,13-14H2,1H3,(H,25,29)(H,26,30). The van der Waals surface area contributed by atoms with Gasteiger partial charge in [0.2, 0.25) is 0 Å². The summed E-state index contributed by atoms with van der Waals surface area (Å²) in [6.45, 7) is 1.00. The number of rotatable bonds is 6. The average molecular weight is 469 g/mol. The first kappa shape index (κ1) is 21.4. The van der Waals surface area contributed by atoms with Crippen LogP contribution in [0.4, 0.5) is 0 Å². The van der Waals surface area contributed by atoms with E-state index in [1.165, 1.54) is 61.0 Å². The number of nitrogens with one attached hydrogen (secondary N) is 2. The molecule has 0 radical (unpaired) electrons. The fourth-order valence-corrected chi connectivity index (χ4v) is 6.99. The maximum Gasteiger partial charge on any atom is 0.272 e. The predicted octanol–water partition coefficient (Wildman–Crippen LogP) is 4.16. The Labute approximate surface area is 196 Å². The lowest BCUT2D eigenvalue weighted by atomic mass is 9.99. The van der Waals surface area contributed by atoms with E-state index in [2.05, 4.69) is 27.9 Å². The third kappa shape index (κ3) is 4.52. The van der Waals surface area contributed by atoms with Crippen LogP contribution in [0.5, 0.6) is 0 Å². The van der Waals surface area contributed by atoms with Crippen LogP contribution in [0.25, 0.3) is 0 Å². The highest BCUT2D eigenvalue weighted by molar-refractivity contribution is 7.12. The summed E-state index contributed by atoms with van der Waals surface area (Å²) in [7, 11) is 1.70. The monoisotopic (exact) mass is 468 g/mol. The summed E-state index contributed by atoms with van der Waals surface area (Å²) in [5, 5.41) is 10.2. The molecule has 3 aromatic rings.